The second-order valence-electron chi connectivity index (χ2n) is 4.16. The number of primary amides is 1. The van der Waals surface area contributed by atoms with Crippen molar-refractivity contribution in [3.8, 4) is 15.8 Å². The number of benzene rings is 1. The van der Waals surface area contributed by atoms with E-state index in [0.29, 0.717) is 11.6 Å². The first kappa shape index (κ1) is 13.3. The van der Waals surface area contributed by atoms with Gasteiger partial charge in [0, 0.05) is 18.0 Å². The van der Waals surface area contributed by atoms with E-state index in [-0.39, 0.29) is 5.19 Å². The van der Waals surface area contributed by atoms with Crippen LogP contribution in [0.5, 0.6) is 5.19 Å². The molecule has 0 saturated carbocycles. The minimum atomic E-state index is -0.900. The maximum absolute atomic E-state index is 10.7. The van der Waals surface area contributed by atoms with Crippen molar-refractivity contribution < 1.29 is 9.53 Å². The summed E-state index contributed by atoms with van der Waals surface area (Å²) in [5.74, 6) is 0. The molecule has 2 heterocycles. The zero-order chi connectivity index (χ0) is 14.7. The van der Waals surface area contributed by atoms with Gasteiger partial charge in [0.2, 0.25) is 0 Å². The number of aromatic nitrogens is 4. The van der Waals surface area contributed by atoms with Crippen molar-refractivity contribution >= 4 is 17.4 Å². The number of nitrogens with zero attached hydrogens (tertiary/aromatic N) is 4. The van der Waals surface area contributed by atoms with E-state index >= 15 is 0 Å². The lowest BCUT2D eigenvalue weighted by molar-refractivity contribution is 0.210. The molecule has 2 N–H and O–H groups in total. The number of amides is 1. The van der Waals surface area contributed by atoms with Crippen LogP contribution in [-0.2, 0) is 6.54 Å². The van der Waals surface area contributed by atoms with Gasteiger partial charge in [0.25, 0.3) is 0 Å². The topological polar surface area (TPSA) is 95.9 Å². The van der Waals surface area contributed by atoms with E-state index in [1.807, 2.05) is 41.2 Å². The van der Waals surface area contributed by atoms with E-state index in [2.05, 4.69) is 15.3 Å². The van der Waals surface area contributed by atoms with Crippen LogP contribution in [-0.4, -0.2) is 26.1 Å². The summed E-state index contributed by atoms with van der Waals surface area (Å²) in [5, 5.41) is 12.8. The minimum Gasteiger partial charge on any atom is -0.380 e. The highest BCUT2D eigenvalue weighted by atomic mass is 32.1. The van der Waals surface area contributed by atoms with Gasteiger partial charge in [0.15, 0.2) is 5.01 Å². The predicted molar refractivity (Wildman–Crippen MR) is 76.9 cm³/mol. The van der Waals surface area contributed by atoms with Crippen LogP contribution in [0.15, 0.2) is 42.7 Å². The van der Waals surface area contributed by atoms with Crippen LogP contribution in [0, 0.1) is 0 Å². The number of rotatable bonds is 4. The molecule has 21 heavy (non-hydrogen) atoms. The molecule has 0 saturated heterocycles. The Hall–Kier alpha value is -2.74. The van der Waals surface area contributed by atoms with E-state index in [0.717, 1.165) is 11.1 Å². The summed E-state index contributed by atoms with van der Waals surface area (Å²) in [6, 6.07) is 9.66. The van der Waals surface area contributed by atoms with Crippen molar-refractivity contribution in [2.75, 3.05) is 0 Å². The summed E-state index contributed by atoms with van der Waals surface area (Å²) in [7, 11) is 0. The van der Waals surface area contributed by atoms with Gasteiger partial charge < -0.3 is 10.5 Å². The largest absolute Gasteiger partial charge is 0.411 e. The number of carbonyl (C=O) groups excluding carboxylic acids is 1. The summed E-state index contributed by atoms with van der Waals surface area (Å²) < 4.78 is 6.55. The standard InChI is InChI=1S/C13H11N5O2S/c14-12(19)20-13-17-16-11(21-13)10-5-2-1-4-9(10)8-18-7-3-6-15-18/h1-7H,8H2,(H2,14,19). The zero-order valence-corrected chi connectivity index (χ0v) is 11.7. The second kappa shape index (κ2) is 5.71. The van der Waals surface area contributed by atoms with Crippen LogP contribution in [0.1, 0.15) is 5.56 Å². The van der Waals surface area contributed by atoms with Gasteiger partial charge in [-0.05, 0) is 11.6 Å². The molecule has 7 nitrogen and oxygen atoms in total. The molecule has 0 aliphatic carbocycles. The van der Waals surface area contributed by atoms with E-state index in [1.165, 1.54) is 11.3 Å². The fourth-order valence-electron chi connectivity index (χ4n) is 1.88. The molecule has 3 aromatic rings. The SMILES string of the molecule is NC(=O)Oc1nnc(-c2ccccc2Cn2cccn2)s1. The van der Waals surface area contributed by atoms with Crippen molar-refractivity contribution in [3.05, 3.63) is 48.3 Å². The van der Waals surface area contributed by atoms with E-state index < -0.39 is 6.09 Å². The Bertz CT molecular complexity index is 754. The van der Waals surface area contributed by atoms with Crippen LogP contribution in [0.2, 0.25) is 0 Å². The second-order valence-corrected chi connectivity index (χ2v) is 5.10. The molecule has 106 valence electrons. The summed E-state index contributed by atoms with van der Waals surface area (Å²) in [6.45, 7) is 0.620. The maximum atomic E-state index is 10.7. The first-order valence-corrected chi connectivity index (χ1v) is 6.90. The third-order valence-corrected chi connectivity index (χ3v) is 3.57. The summed E-state index contributed by atoms with van der Waals surface area (Å²) in [5.41, 5.74) is 6.92. The van der Waals surface area contributed by atoms with Gasteiger partial charge in [-0.2, -0.15) is 5.10 Å². The van der Waals surface area contributed by atoms with Crippen LogP contribution in [0.4, 0.5) is 4.79 Å². The van der Waals surface area contributed by atoms with Crippen LogP contribution in [0.25, 0.3) is 10.6 Å². The molecule has 0 aliphatic rings. The minimum absolute atomic E-state index is 0.131. The highest BCUT2D eigenvalue weighted by Crippen LogP contribution is 2.30. The van der Waals surface area contributed by atoms with Gasteiger partial charge in [-0.1, -0.05) is 40.7 Å². The van der Waals surface area contributed by atoms with Crippen LogP contribution < -0.4 is 10.5 Å². The monoisotopic (exact) mass is 301 g/mol. The molecule has 0 radical (unpaired) electrons. The highest BCUT2D eigenvalue weighted by Gasteiger charge is 2.13. The predicted octanol–water partition coefficient (Wildman–Crippen LogP) is 1.91. The Morgan fingerprint density at radius 1 is 1.29 bits per heavy atom. The van der Waals surface area contributed by atoms with Crippen molar-refractivity contribution in [2.45, 2.75) is 6.54 Å². The van der Waals surface area contributed by atoms with Gasteiger partial charge in [-0.15, -0.1) is 5.10 Å². The lowest BCUT2D eigenvalue weighted by Crippen LogP contribution is -2.15. The summed E-state index contributed by atoms with van der Waals surface area (Å²) in [6.07, 6.45) is 2.72. The fourth-order valence-corrected chi connectivity index (χ4v) is 2.64. The molecule has 0 bridgehead atoms. The molecular formula is C13H11N5O2S. The first-order valence-electron chi connectivity index (χ1n) is 6.09. The summed E-state index contributed by atoms with van der Waals surface area (Å²) in [4.78, 5) is 10.7. The highest BCUT2D eigenvalue weighted by molar-refractivity contribution is 7.16. The fraction of sp³-hybridized carbons (Fsp3) is 0.0769. The molecule has 0 aliphatic heterocycles. The van der Waals surface area contributed by atoms with E-state index in [1.54, 1.807) is 6.20 Å². The van der Waals surface area contributed by atoms with Crippen molar-refractivity contribution in [3.63, 3.8) is 0 Å². The molecule has 0 unspecified atom stereocenters. The number of hydrogen-bond donors (Lipinski definition) is 1. The molecule has 3 rings (SSSR count). The Morgan fingerprint density at radius 2 is 2.14 bits per heavy atom. The molecule has 0 spiro atoms. The van der Waals surface area contributed by atoms with E-state index in [9.17, 15) is 4.79 Å². The molecule has 2 aromatic heterocycles. The Labute approximate surface area is 124 Å². The smallest absolute Gasteiger partial charge is 0.380 e. The van der Waals surface area contributed by atoms with Crippen LogP contribution in [0.3, 0.4) is 0 Å². The van der Waals surface area contributed by atoms with Crippen molar-refractivity contribution in [1.82, 2.24) is 20.0 Å². The van der Waals surface area contributed by atoms with E-state index in [4.69, 9.17) is 10.5 Å². The Balaban J connectivity index is 1.91. The number of ether oxygens (including phenoxy) is 1. The molecule has 0 atom stereocenters. The molecule has 0 fully saturated rings. The van der Waals surface area contributed by atoms with Gasteiger partial charge in [-0.25, -0.2) is 4.79 Å². The molecule has 1 amide bonds. The normalized spacial score (nSPS) is 10.5. The van der Waals surface area contributed by atoms with Gasteiger partial charge in [0.05, 0.1) is 6.54 Å². The number of nitrogens with two attached hydrogens (primary N) is 1. The lowest BCUT2D eigenvalue weighted by Gasteiger charge is -2.06. The first-order chi connectivity index (χ1) is 10.2. The Morgan fingerprint density at radius 3 is 2.90 bits per heavy atom. The van der Waals surface area contributed by atoms with Crippen molar-refractivity contribution in [2.24, 2.45) is 5.73 Å². The van der Waals surface area contributed by atoms with Crippen molar-refractivity contribution in [1.29, 1.82) is 0 Å². The Kier molecular flexibility index (Phi) is 3.61. The zero-order valence-electron chi connectivity index (χ0n) is 10.8. The van der Waals surface area contributed by atoms with Crippen LogP contribution >= 0.6 is 11.3 Å². The third kappa shape index (κ3) is 3.06. The van der Waals surface area contributed by atoms with Gasteiger partial charge in [0.1, 0.15) is 0 Å². The third-order valence-electron chi connectivity index (χ3n) is 2.73. The van der Waals surface area contributed by atoms with Gasteiger partial charge >= 0.3 is 11.3 Å². The average Bonchev–Trinajstić information content (AvgIpc) is 3.11. The quantitative estimate of drug-likeness (QED) is 0.794. The molecule has 8 heteroatoms. The average molecular weight is 301 g/mol. The molecular weight excluding hydrogens is 290 g/mol. The maximum Gasteiger partial charge on any atom is 0.411 e. The van der Waals surface area contributed by atoms with Gasteiger partial charge in [-0.3, -0.25) is 4.68 Å². The number of carbonyl (C=O) groups is 1. The number of hydrogen-bond acceptors (Lipinski definition) is 6. The lowest BCUT2D eigenvalue weighted by atomic mass is 10.1. The summed E-state index contributed by atoms with van der Waals surface area (Å²) >= 11 is 1.17. The molecule has 1 aromatic carbocycles.